The van der Waals surface area contributed by atoms with Crippen LogP contribution in [0.1, 0.15) is 25.2 Å². The largest absolute Gasteiger partial charge is 0.355 e. The van der Waals surface area contributed by atoms with Crippen molar-refractivity contribution < 1.29 is 9.32 Å². The van der Waals surface area contributed by atoms with Gasteiger partial charge in [0.05, 0.1) is 0 Å². The van der Waals surface area contributed by atoms with E-state index in [1.54, 1.807) is 12.4 Å². The zero-order valence-electron chi connectivity index (χ0n) is 14.1. The van der Waals surface area contributed by atoms with Crippen molar-refractivity contribution >= 4 is 5.91 Å². The molecule has 0 bridgehead atoms. The molecule has 24 heavy (non-hydrogen) atoms. The summed E-state index contributed by atoms with van der Waals surface area (Å²) in [5.41, 5.74) is 0.801. The summed E-state index contributed by atoms with van der Waals surface area (Å²) in [6.07, 6.45) is 6.68. The SMILES string of the molecule is CN(C)[C@@H](CNC(=O)CCc1nc(-c2cccnc2)no1)C1CC1. The number of pyridine rings is 1. The van der Waals surface area contributed by atoms with Crippen molar-refractivity contribution in [2.24, 2.45) is 5.92 Å². The van der Waals surface area contributed by atoms with Crippen LogP contribution in [0.2, 0.25) is 0 Å². The minimum atomic E-state index is 0.0172. The first kappa shape index (κ1) is 16.6. The molecule has 7 heteroatoms. The maximum Gasteiger partial charge on any atom is 0.227 e. The van der Waals surface area contributed by atoms with E-state index in [2.05, 4.69) is 39.4 Å². The molecule has 1 N–H and O–H groups in total. The monoisotopic (exact) mass is 329 g/mol. The number of amides is 1. The Labute approximate surface area is 141 Å². The number of rotatable bonds is 8. The van der Waals surface area contributed by atoms with E-state index in [9.17, 15) is 4.79 Å². The third-order valence-corrected chi connectivity index (χ3v) is 4.29. The molecule has 0 spiro atoms. The van der Waals surface area contributed by atoms with Crippen LogP contribution in [-0.4, -0.2) is 52.6 Å². The molecule has 0 aliphatic heterocycles. The second-order valence-corrected chi connectivity index (χ2v) is 6.43. The summed E-state index contributed by atoms with van der Waals surface area (Å²) in [4.78, 5) is 22.6. The highest BCUT2D eigenvalue weighted by Crippen LogP contribution is 2.34. The molecule has 1 aliphatic rings. The van der Waals surface area contributed by atoms with E-state index in [1.807, 2.05) is 12.1 Å². The standard InChI is InChI=1S/C17H23N5O2/c1-22(2)14(12-5-6-12)11-19-15(23)7-8-16-20-17(21-24-16)13-4-3-9-18-10-13/h3-4,9-10,12,14H,5-8,11H2,1-2H3,(H,19,23)/t14-/m0/s1. The van der Waals surface area contributed by atoms with E-state index in [4.69, 9.17) is 4.52 Å². The molecule has 1 amide bonds. The van der Waals surface area contributed by atoms with Crippen LogP contribution >= 0.6 is 0 Å². The first-order valence-electron chi connectivity index (χ1n) is 8.29. The Balaban J connectivity index is 1.45. The Bertz CT molecular complexity index is 665. The summed E-state index contributed by atoms with van der Waals surface area (Å²) in [6, 6.07) is 4.11. The molecule has 0 aromatic carbocycles. The number of likely N-dealkylation sites (N-methyl/N-ethyl adjacent to an activating group) is 1. The quantitative estimate of drug-likeness (QED) is 0.790. The van der Waals surface area contributed by atoms with Gasteiger partial charge in [0, 0.05) is 43.4 Å². The molecule has 0 saturated heterocycles. The highest BCUT2D eigenvalue weighted by molar-refractivity contribution is 5.76. The van der Waals surface area contributed by atoms with Crippen molar-refractivity contribution in [1.82, 2.24) is 25.3 Å². The van der Waals surface area contributed by atoms with Crippen LogP contribution < -0.4 is 5.32 Å². The van der Waals surface area contributed by atoms with E-state index < -0.39 is 0 Å². The lowest BCUT2D eigenvalue weighted by Crippen LogP contribution is -2.41. The van der Waals surface area contributed by atoms with Gasteiger partial charge >= 0.3 is 0 Å². The van der Waals surface area contributed by atoms with E-state index >= 15 is 0 Å². The number of aromatic nitrogens is 3. The van der Waals surface area contributed by atoms with Crippen molar-refractivity contribution in [3.8, 4) is 11.4 Å². The van der Waals surface area contributed by atoms with Gasteiger partial charge in [0.15, 0.2) is 0 Å². The molecular weight excluding hydrogens is 306 g/mol. The van der Waals surface area contributed by atoms with Gasteiger partial charge in [-0.1, -0.05) is 5.16 Å². The molecule has 0 unspecified atom stereocenters. The molecule has 7 nitrogen and oxygen atoms in total. The fourth-order valence-corrected chi connectivity index (χ4v) is 2.75. The van der Waals surface area contributed by atoms with E-state index in [-0.39, 0.29) is 5.91 Å². The minimum absolute atomic E-state index is 0.0172. The Kier molecular flexibility index (Phi) is 5.20. The lowest BCUT2D eigenvalue weighted by molar-refractivity contribution is -0.121. The lowest BCUT2D eigenvalue weighted by Gasteiger charge is -2.24. The number of hydrogen-bond donors (Lipinski definition) is 1. The summed E-state index contributed by atoms with van der Waals surface area (Å²) in [7, 11) is 4.13. The van der Waals surface area contributed by atoms with E-state index in [0.717, 1.165) is 11.5 Å². The maximum atomic E-state index is 12.0. The van der Waals surface area contributed by atoms with Gasteiger partial charge in [-0.3, -0.25) is 9.78 Å². The van der Waals surface area contributed by atoms with Crippen molar-refractivity contribution in [2.75, 3.05) is 20.6 Å². The van der Waals surface area contributed by atoms with E-state index in [0.29, 0.717) is 37.1 Å². The number of carbonyl (C=O) groups is 1. The van der Waals surface area contributed by atoms with Gasteiger partial charge in [-0.15, -0.1) is 0 Å². The fourth-order valence-electron chi connectivity index (χ4n) is 2.75. The van der Waals surface area contributed by atoms with Crippen LogP contribution in [0.3, 0.4) is 0 Å². The van der Waals surface area contributed by atoms with Gasteiger partial charge in [-0.2, -0.15) is 4.98 Å². The molecular formula is C17H23N5O2. The first-order valence-corrected chi connectivity index (χ1v) is 8.29. The molecule has 1 fully saturated rings. The van der Waals surface area contributed by atoms with Crippen molar-refractivity contribution in [1.29, 1.82) is 0 Å². The minimum Gasteiger partial charge on any atom is -0.355 e. The Morgan fingerprint density at radius 2 is 2.29 bits per heavy atom. The van der Waals surface area contributed by atoms with Crippen molar-refractivity contribution in [3.63, 3.8) is 0 Å². The molecule has 2 aromatic rings. The average molecular weight is 329 g/mol. The molecule has 3 rings (SSSR count). The van der Waals surface area contributed by atoms with Gasteiger partial charge < -0.3 is 14.7 Å². The Hall–Kier alpha value is -2.28. The number of carbonyl (C=O) groups excluding carboxylic acids is 1. The van der Waals surface area contributed by atoms with Gasteiger partial charge in [0.25, 0.3) is 0 Å². The van der Waals surface area contributed by atoms with Gasteiger partial charge in [-0.05, 0) is 45.0 Å². The third kappa shape index (κ3) is 4.38. The zero-order valence-corrected chi connectivity index (χ0v) is 14.1. The van der Waals surface area contributed by atoms with Gasteiger partial charge in [0.1, 0.15) is 0 Å². The fraction of sp³-hybridized carbons (Fsp3) is 0.529. The average Bonchev–Trinajstić information content (AvgIpc) is 3.30. The van der Waals surface area contributed by atoms with Crippen molar-refractivity contribution in [2.45, 2.75) is 31.7 Å². The highest BCUT2D eigenvalue weighted by Gasteiger charge is 2.32. The van der Waals surface area contributed by atoms with E-state index in [1.165, 1.54) is 12.8 Å². The molecule has 1 saturated carbocycles. The van der Waals surface area contributed by atoms with Crippen LogP contribution in [0.4, 0.5) is 0 Å². The molecule has 1 aliphatic carbocycles. The topological polar surface area (TPSA) is 84.2 Å². The number of nitrogens with one attached hydrogen (secondary N) is 1. The molecule has 1 atom stereocenters. The second-order valence-electron chi connectivity index (χ2n) is 6.43. The summed E-state index contributed by atoms with van der Waals surface area (Å²) < 4.78 is 5.20. The smallest absolute Gasteiger partial charge is 0.227 e. The first-order chi connectivity index (χ1) is 11.6. The summed E-state index contributed by atoms with van der Waals surface area (Å²) >= 11 is 0. The second kappa shape index (κ2) is 7.53. The maximum absolute atomic E-state index is 12.0. The number of hydrogen-bond acceptors (Lipinski definition) is 6. The lowest BCUT2D eigenvalue weighted by atomic mass is 10.1. The number of nitrogens with zero attached hydrogens (tertiary/aromatic N) is 4. The Morgan fingerprint density at radius 1 is 1.46 bits per heavy atom. The summed E-state index contributed by atoms with van der Waals surface area (Å²) in [6.45, 7) is 0.696. The van der Waals surface area contributed by atoms with Crippen LogP contribution in [-0.2, 0) is 11.2 Å². The van der Waals surface area contributed by atoms with Crippen LogP contribution in [0.15, 0.2) is 29.0 Å². The highest BCUT2D eigenvalue weighted by atomic mass is 16.5. The predicted molar refractivity (Wildman–Crippen MR) is 89.1 cm³/mol. The zero-order chi connectivity index (χ0) is 16.9. The van der Waals surface area contributed by atoms with Crippen molar-refractivity contribution in [3.05, 3.63) is 30.4 Å². The van der Waals surface area contributed by atoms with Crippen LogP contribution in [0, 0.1) is 5.92 Å². The van der Waals surface area contributed by atoms with Gasteiger partial charge in [-0.25, -0.2) is 0 Å². The Morgan fingerprint density at radius 3 is 2.96 bits per heavy atom. The summed E-state index contributed by atoms with van der Waals surface area (Å²) in [5, 5.41) is 6.94. The third-order valence-electron chi connectivity index (χ3n) is 4.29. The molecule has 2 aromatic heterocycles. The van der Waals surface area contributed by atoms with Crippen LogP contribution in [0.25, 0.3) is 11.4 Å². The summed E-state index contributed by atoms with van der Waals surface area (Å²) in [5.74, 6) is 1.71. The van der Waals surface area contributed by atoms with Gasteiger partial charge in [0.2, 0.25) is 17.6 Å². The predicted octanol–water partition coefficient (Wildman–Crippen LogP) is 1.52. The molecule has 128 valence electrons. The molecule has 2 heterocycles. The normalized spacial score (nSPS) is 15.5. The molecule has 0 radical (unpaired) electrons. The number of aryl methyl sites for hydroxylation is 1. The van der Waals surface area contributed by atoms with Crippen LogP contribution in [0.5, 0.6) is 0 Å².